The summed E-state index contributed by atoms with van der Waals surface area (Å²) in [4.78, 5) is 2.12. The molecule has 3 N–H and O–H groups in total. The molecule has 0 atom stereocenters. The van der Waals surface area contributed by atoms with Crippen LogP contribution in [0.25, 0.3) is 11.4 Å². The molecule has 1 heterocycles. The summed E-state index contributed by atoms with van der Waals surface area (Å²) >= 11 is 0. The third-order valence-corrected chi connectivity index (χ3v) is 5.24. The number of nitrogens with two attached hydrogens (primary N) is 1. The van der Waals surface area contributed by atoms with Gasteiger partial charge in [-0.25, -0.2) is 4.39 Å². The zero-order chi connectivity index (χ0) is 19.6. The van der Waals surface area contributed by atoms with Gasteiger partial charge >= 0.3 is 0 Å². The number of hydrogen-bond acceptors (Lipinski definition) is 3. The van der Waals surface area contributed by atoms with Crippen molar-refractivity contribution in [1.29, 1.82) is 5.41 Å². The smallest absolute Gasteiger partial charge is 0.132 e. The largest absolute Gasteiger partial charge is 0.399 e. The Bertz CT molecular complexity index is 894. The molecule has 0 saturated carbocycles. The third-order valence-electron chi connectivity index (χ3n) is 5.24. The molecular weight excluding hydrogens is 337 g/mol. The van der Waals surface area contributed by atoms with Crippen LogP contribution in [0.1, 0.15) is 35.6 Å². The molecule has 3 rings (SSSR count). The van der Waals surface area contributed by atoms with E-state index in [0.29, 0.717) is 29.3 Å². The fraction of sp³-hybridized carbons (Fsp3) is 0.261. The topological polar surface area (TPSA) is 53.1 Å². The second kappa shape index (κ2) is 7.78. The third kappa shape index (κ3) is 3.95. The average molecular weight is 363 g/mol. The lowest BCUT2D eigenvalue weighted by molar-refractivity contribution is 0.170. The van der Waals surface area contributed by atoms with Gasteiger partial charge in [-0.3, -0.25) is 0 Å². The summed E-state index contributed by atoms with van der Waals surface area (Å²) in [6.45, 7) is 11.9. The van der Waals surface area contributed by atoms with Crippen LogP contribution in [-0.4, -0.2) is 23.7 Å². The Morgan fingerprint density at radius 3 is 2.44 bits per heavy atom. The van der Waals surface area contributed by atoms with Crippen LogP contribution in [0.2, 0.25) is 0 Å². The van der Waals surface area contributed by atoms with E-state index in [1.54, 1.807) is 6.07 Å². The van der Waals surface area contributed by atoms with Crippen molar-refractivity contribution in [1.82, 2.24) is 4.90 Å². The summed E-state index contributed by atoms with van der Waals surface area (Å²) in [6, 6.07) is 12.5. The van der Waals surface area contributed by atoms with Crippen molar-refractivity contribution in [2.24, 2.45) is 11.7 Å². The minimum atomic E-state index is -0.272. The molecule has 0 aliphatic carbocycles. The molecule has 1 fully saturated rings. The molecular formula is C23H26FN3. The van der Waals surface area contributed by atoms with E-state index < -0.39 is 0 Å². The van der Waals surface area contributed by atoms with Gasteiger partial charge in [-0.05, 0) is 30.0 Å². The highest BCUT2D eigenvalue weighted by Crippen LogP contribution is 2.30. The molecule has 0 aromatic heterocycles. The SMILES string of the molecule is C=C(N)c1ccccc1C(=N)Cc1ccc(F)c(C(=C)N2CC(CC)C2)c1. The van der Waals surface area contributed by atoms with E-state index in [9.17, 15) is 4.39 Å². The van der Waals surface area contributed by atoms with Gasteiger partial charge in [-0.1, -0.05) is 50.4 Å². The van der Waals surface area contributed by atoms with E-state index in [4.69, 9.17) is 11.1 Å². The first-order chi connectivity index (χ1) is 12.9. The van der Waals surface area contributed by atoms with Gasteiger partial charge in [0.1, 0.15) is 5.82 Å². The Labute approximate surface area is 160 Å². The molecule has 27 heavy (non-hydrogen) atoms. The van der Waals surface area contributed by atoms with E-state index in [-0.39, 0.29) is 5.82 Å². The number of nitrogens with zero attached hydrogens (tertiary/aromatic N) is 1. The van der Waals surface area contributed by atoms with Crippen molar-refractivity contribution in [2.75, 3.05) is 13.1 Å². The van der Waals surface area contributed by atoms with E-state index in [2.05, 4.69) is 25.0 Å². The molecule has 1 saturated heterocycles. The normalized spacial score (nSPS) is 13.9. The molecule has 140 valence electrons. The Morgan fingerprint density at radius 2 is 1.81 bits per heavy atom. The molecule has 3 nitrogen and oxygen atoms in total. The number of nitrogens with one attached hydrogen (secondary N) is 1. The summed E-state index contributed by atoms with van der Waals surface area (Å²) in [7, 11) is 0. The van der Waals surface area contributed by atoms with E-state index in [1.165, 1.54) is 6.07 Å². The lowest BCUT2D eigenvalue weighted by Crippen LogP contribution is -2.44. The van der Waals surface area contributed by atoms with Crippen molar-refractivity contribution in [3.05, 3.63) is 83.7 Å². The maximum Gasteiger partial charge on any atom is 0.132 e. The first-order valence-electron chi connectivity index (χ1n) is 9.25. The maximum atomic E-state index is 14.4. The molecule has 0 bridgehead atoms. The highest BCUT2D eigenvalue weighted by molar-refractivity contribution is 6.03. The number of benzene rings is 2. The predicted molar refractivity (Wildman–Crippen MR) is 111 cm³/mol. The minimum Gasteiger partial charge on any atom is -0.399 e. The Morgan fingerprint density at radius 1 is 1.15 bits per heavy atom. The molecule has 0 amide bonds. The van der Waals surface area contributed by atoms with Crippen molar-refractivity contribution < 1.29 is 4.39 Å². The highest BCUT2D eigenvalue weighted by Gasteiger charge is 2.27. The summed E-state index contributed by atoms with van der Waals surface area (Å²) in [5, 5.41) is 8.49. The van der Waals surface area contributed by atoms with Gasteiger partial charge in [0, 0.05) is 53.3 Å². The second-order valence-corrected chi connectivity index (χ2v) is 7.17. The second-order valence-electron chi connectivity index (χ2n) is 7.17. The van der Waals surface area contributed by atoms with E-state index in [0.717, 1.165) is 41.9 Å². The van der Waals surface area contributed by atoms with Crippen molar-refractivity contribution >= 4 is 17.1 Å². The fourth-order valence-electron chi connectivity index (χ4n) is 3.45. The Kier molecular flexibility index (Phi) is 5.45. The molecule has 0 radical (unpaired) electrons. The summed E-state index contributed by atoms with van der Waals surface area (Å²) in [6.07, 6.45) is 1.53. The lowest BCUT2D eigenvalue weighted by Gasteiger charge is -2.42. The van der Waals surface area contributed by atoms with E-state index >= 15 is 0 Å². The van der Waals surface area contributed by atoms with Crippen LogP contribution < -0.4 is 5.73 Å². The van der Waals surface area contributed by atoms with Crippen LogP contribution in [0.4, 0.5) is 4.39 Å². The Hall–Kier alpha value is -2.88. The standard InChI is InChI=1S/C23H26FN3/c1-4-17-13-27(14-17)16(3)21-11-18(9-10-22(21)24)12-23(26)20-8-6-5-7-19(20)15(2)25/h5-11,17,26H,2-4,12-14,25H2,1H3. The van der Waals surface area contributed by atoms with Gasteiger partial charge in [0.15, 0.2) is 0 Å². The zero-order valence-electron chi connectivity index (χ0n) is 15.8. The van der Waals surface area contributed by atoms with Crippen LogP contribution in [-0.2, 0) is 6.42 Å². The minimum absolute atomic E-state index is 0.272. The lowest BCUT2D eigenvalue weighted by atomic mass is 9.93. The van der Waals surface area contributed by atoms with Crippen LogP contribution in [0, 0.1) is 17.1 Å². The van der Waals surface area contributed by atoms with Crippen molar-refractivity contribution in [3.63, 3.8) is 0 Å². The quantitative estimate of drug-likeness (QED) is 0.702. The van der Waals surface area contributed by atoms with Crippen LogP contribution >= 0.6 is 0 Å². The Balaban J connectivity index is 1.80. The summed E-state index contributed by atoms with van der Waals surface area (Å²) < 4.78 is 14.4. The van der Waals surface area contributed by atoms with Crippen LogP contribution in [0.3, 0.4) is 0 Å². The molecule has 0 spiro atoms. The number of hydrogen-bond donors (Lipinski definition) is 2. The number of halogens is 1. The molecule has 4 heteroatoms. The predicted octanol–water partition coefficient (Wildman–Crippen LogP) is 4.68. The van der Waals surface area contributed by atoms with E-state index in [1.807, 2.05) is 30.3 Å². The number of likely N-dealkylation sites (tertiary alicyclic amines) is 1. The molecule has 2 aromatic carbocycles. The number of rotatable bonds is 7. The zero-order valence-corrected chi connectivity index (χ0v) is 15.8. The molecule has 1 aliphatic heterocycles. The average Bonchev–Trinajstić information content (AvgIpc) is 2.62. The van der Waals surface area contributed by atoms with Crippen molar-refractivity contribution in [3.8, 4) is 0 Å². The molecule has 2 aromatic rings. The van der Waals surface area contributed by atoms with Gasteiger partial charge in [-0.2, -0.15) is 0 Å². The van der Waals surface area contributed by atoms with Crippen LogP contribution in [0.5, 0.6) is 0 Å². The first kappa shape index (κ1) is 18.9. The summed E-state index contributed by atoms with van der Waals surface area (Å²) in [5.74, 6) is 0.396. The van der Waals surface area contributed by atoms with Gasteiger partial charge in [0.05, 0.1) is 0 Å². The summed E-state index contributed by atoms with van der Waals surface area (Å²) in [5.41, 5.74) is 10.4. The van der Waals surface area contributed by atoms with Gasteiger partial charge in [0.2, 0.25) is 0 Å². The van der Waals surface area contributed by atoms with Crippen LogP contribution in [0.15, 0.2) is 55.6 Å². The molecule has 0 unspecified atom stereocenters. The maximum absolute atomic E-state index is 14.4. The first-order valence-corrected chi connectivity index (χ1v) is 9.25. The van der Waals surface area contributed by atoms with Gasteiger partial charge < -0.3 is 16.0 Å². The highest BCUT2D eigenvalue weighted by atomic mass is 19.1. The van der Waals surface area contributed by atoms with Crippen molar-refractivity contribution in [2.45, 2.75) is 19.8 Å². The monoisotopic (exact) mass is 363 g/mol. The van der Waals surface area contributed by atoms with Gasteiger partial charge in [-0.15, -0.1) is 0 Å². The fourth-order valence-corrected chi connectivity index (χ4v) is 3.45. The van der Waals surface area contributed by atoms with Gasteiger partial charge in [0.25, 0.3) is 0 Å². The molecule has 1 aliphatic rings.